The number of anilines is 1. The van der Waals surface area contributed by atoms with Crippen molar-refractivity contribution in [2.24, 2.45) is 5.92 Å². The second kappa shape index (κ2) is 4.98. The van der Waals surface area contributed by atoms with Crippen LogP contribution in [0.2, 0.25) is 0 Å². The van der Waals surface area contributed by atoms with Gasteiger partial charge in [-0.2, -0.15) is 4.98 Å². The Bertz CT molecular complexity index is 311. The van der Waals surface area contributed by atoms with Crippen LogP contribution in [0.25, 0.3) is 0 Å². The van der Waals surface area contributed by atoms with E-state index in [1.807, 2.05) is 12.1 Å². The van der Waals surface area contributed by atoms with Crippen molar-refractivity contribution in [1.29, 1.82) is 0 Å². The Labute approximate surface area is 89.4 Å². The second-order valence-corrected chi connectivity index (χ2v) is 3.77. The van der Waals surface area contributed by atoms with Gasteiger partial charge in [0.25, 0.3) is 0 Å². The number of hydrogen-bond donors (Lipinski definition) is 1. The summed E-state index contributed by atoms with van der Waals surface area (Å²) in [6.07, 6.45) is 2.14. The van der Waals surface area contributed by atoms with Crippen molar-refractivity contribution < 1.29 is 9.47 Å². The Morgan fingerprint density at radius 2 is 2.20 bits per heavy atom. The summed E-state index contributed by atoms with van der Waals surface area (Å²) in [4.78, 5) is 4.08. The molecule has 1 aliphatic heterocycles. The lowest BCUT2D eigenvalue weighted by atomic mass is 10.0. The zero-order valence-electron chi connectivity index (χ0n) is 8.69. The van der Waals surface area contributed by atoms with Gasteiger partial charge < -0.3 is 15.2 Å². The number of rotatable bonds is 3. The van der Waals surface area contributed by atoms with Gasteiger partial charge in [-0.15, -0.1) is 0 Å². The lowest BCUT2D eigenvalue weighted by Gasteiger charge is -2.21. The molecule has 0 saturated carbocycles. The van der Waals surface area contributed by atoms with E-state index in [0.717, 1.165) is 26.1 Å². The molecule has 0 aromatic carbocycles. The number of ether oxygens (including phenoxy) is 2. The van der Waals surface area contributed by atoms with Crippen LogP contribution in [-0.2, 0) is 4.74 Å². The van der Waals surface area contributed by atoms with E-state index in [-0.39, 0.29) is 0 Å². The predicted octanol–water partition coefficient (Wildman–Crippen LogP) is 1.47. The normalized spacial score (nSPS) is 17.6. The van der Waals surface area contributed by atoms with Crippen molar-refractivity contribution >= 4 is 5.82 Å². The van der Waals surface area contributed by atoms with Crippen LogP contribution in [0.5, 0.6) is 5.88 Å². The molecule has 4 heteroatoms. The summed E-state index contributed by atoms with van der Waals surface area (Å²) in [6, 6.07) is 5.43. The lowest BCUT2D eigenvalue weighted by Crippen LogP contribution is -2.21. The molecule has 2 rings (SSSR count). The van der Waals surface area contributed by atoms with Gasteiger partial charge in [-0.3, -0.25) is 0 Å². The molecule has 1 saturated heterocycles. The van der Waals surface area contributed by atoms with Crippen LogP contribution in [0.1, 0.15) is 12.8 Å². The third-order valence-electron chi connectivity index (χ3n) is 2.55. The van der Waals surface area contributed by atoms with Crippen molar-refractivity contribution in [3.8, 4) is 5.88 Å². The predicted molar refractivity (Wildman–Crippen MR) is 57.7 cm³/mol. The summed E-state index contributed by atoms with van der Waals surface area (Å²) in [5.74, 6) is 1.70. The van der Waals surface area contributed by atoms with Crippen LogP contribution in [0.4, 0.5) is 5.82 Å². The van der Waals surface area contributed by atoms with Crippen LogP contribution < -0.4 is 10.5 Å². The Balaban J connectivity index is 1.81. The molecule has 1 aromatic rings. The van der Waals surface area contributed by atoms with Gasteiger partial charge in [-0.05, 0) is 24.8 Å². The third-order valence-corrected chi connectivity index (χ3v) is 2.55. The molecule has 0 amide bonds. The fourth-order valence-corrected chi connectivity index (χ4v) is 1.63. The fourth-order valence-electron chi connectivity index (χ4n) is 1.63. The van der Waals surface area contributed by atoms with E-state index >= 15 is 0 Å². The zero-order valence-corrected chi connectivity index (χ0v) is 8.69. The summed E-state index contributed by atoms with van der Waals surface area (Å²) in [6.45, 7) is 2.40. The summed E-state index contributed by atoms with van der Waals surface area (Å²) in [5, 5.41) is 0. The van der Waals surface area contributed by atoms with E-state index in [9.17, 15) is 0 Å². The summed E-state index contributed by atoms with van der Waals surface area (Å²) < 4.78 is 10.9. The van der Waals surface area contributed by atoms with E-state index < -0.39 is 0 Å². The maximum atomic E-state index is 5.58. The maximum Gasteiger partial charge on any atom is 0.215 e. The number of pyridine rings is 1. The lowest BCUT2D eigenvalue weighted by molar-refractivity contribution is 0.0490. The first-order valence-corrected chi connectivity index (χ1v) is 5.27. The molecule has 0 aliphatic carbocycles. The molecule has 1 aromatic heterocycles. The smallest absolute Gasteiger partial charge is 0.215 e. The molecule has 0 spiro atoms. The fraction of sp³-hybridized carbons (Fsp3) is 0.545. The first-order valence-electron chi connectivity index (χ1n) is 5.27. The molecule has 0 radical (unpaired) electrons. The van der Waals surface area contributed by atoms with Crippen molar-refractivity contribution in [2.75, 3.05) is 25.6 Å². The largest absolute Gasteiger partial charge is 0.477 e. The molecule has 1 fully saturated rings. The number of nitrogens with zero attached hydrogens (tertiary/aromatic N) is 1. The molecule has 15 heavy (non-hydrogen) atoms. The minimum atomic E-state index is 0.500. The van der Waals surface area contributed by atoms with Crippen LogP contribution in [0, 0.1) is 5.92 Å². The van der Waals surface area contributed by atoms with Gasteiger partial charge in [-0.25, -0.2) is 0 Å². The minimum absolute atomic E-state index is 0.500. The third kappa shape index (κ3) is 3.09. The topological polar surface area (TPSA) is 57.4 Å². The second-order valence-electron chi connectivity index (χ2n) is 3.77. The van der Waals surface area contributed by atoms with Crippen LogP contribution in [0.15, 0.2) is 18.2 Å². The highest BCUT2D eigenvalue weighted by atomic mass is 16.5. The number of aromatic nitrogens is 1. The summed E-state index contributed by atoms with van der Waals surface area (Å²) in [5.41, 5.74) is 5.56. The van der Waals surface area contributed by atoms with E-state index in [2.05, 4.69) is 4.98 Å². The molecule has 2 N–H and O–H groups in total. The maximum absolute atomic E-state index is 5.58. The Morgan fingerprint density at radius 1 is 1.40 bits per heavy atom. The molecule has 1 aliphatic rings. The molecule has 0 atom stereocenters. The number of hydrogen-bond acceptors (Lipinski definition) is 4. The molecular formula is C11H16N2O2. The average molecular weight is 208 g/mol. The first kappa shape index (κ1) is 10.2. The van der Waals surface area contributed by atoms with E-state index in [1.165, 1.54) is 0 Å². The van der Waals surface area contributed by atoms with E-state index in [0.29, 0.717) is 24.2 Å². The monoisotopic (exact) mass is 208 g/mol. The highest BCUT2D eigenvalue weighted by molar-refractivity contribution is 5.31. The number of nitrogens with two attached hydrogens (primary N) is 1. The van der Waals surface area contributed by atoms with Gasteiger partial charge >= 0.3 is 0 Å². The van der Waals surface area contributed by atoms with Gasteiger partial charge in [0, 0.05) is 19.3 Å². The molecule has 82 valence electrons. The van der Waals surface area contributed by atoms with E-state index in [4.69, 9.17) is 15.2 Å². The Kier molecular flexibility index (Phi) is 3.40. The van der Waals surface area contributed by atoms with Gasteiger partial charge in [0.15, 0.2) is 0 Å². The molecule has 2 heterocycles. The molecule has 0 unspecified atom stereocenters. The Hall–Kier alpha value is -1.29. The average Bonchev–Trinajstić information content (AvgIpc) is 2.28. The van der Waals surface area contributed by atoms with Crippen molar-refractivity contribution in [1.82, 2.24) is 4.98 Å². The highest BCUT2D eigenvalue weighted by Gasteiger charge is 2.14. The van der Waals surface area contributed by atoms with Gasteiger partial charge in [0.1, 0.15) is 5.82 Å². The summed E-state index contributed by atoms with van der Waals surface area (Å²) in [7, 11) is 0. The van der Waals surface area contributed by atoms with Crippen molar-refractivity contribution in [3.63, 3.8) is 0 Å². The van der Waals surface area contributed by atoms with Crippen molar-refractivity contribution in [2.45, 2.75) is 12.8 Å². The standard InChI is InChI=1S/C11H16N2O2/c12-10-2-1-3-11(13-10)15-8-9-4-6-14-7-5-9/h1-3,9H,4-8H2,(H2,12,13). The minimum Gasteiger partial charge on any atom is -0.477 e. The van der Waals surface area contributed by atoms with Crippen LogP contribution in [-0.4, -0.2) is 24.8 Å². The van der Waals surface area contributed by atoms with Gasteiger partial charge in [0.2, 0.25) is 5.88 Å². The van der Waals surface area contributed by atoms with Crippen LogP contribution >= 0.6 is 0 Å². The molecule has 0 bridgehead atoms. The SMILES string of the molecule is Nc1cccc(OCC2CCOCC2)n1. The van der Waals surface area contributed by atoms with Crippen molar-refractivity contribution in [3.05, 3.63) is 18.2 Å². The van der Waals surface area contributed by atoms with Gasteiger partial charge in [0.05, 0.1) is 6.61 Å². The molecular weight excluding hydrogens is 192 g/mol. The quantitative estimate of drug-likeness (QED) is 0.817. The first-order chi connectivity index (χ1) is 7.34. The summed E-state index contributed by atoms with van der Waals surface area (Å²) >= 11 is 0. The van der Waals surface area contributed by atoms with Crippen LogP contribution in [0.3, 0.4) is 0 Å². The zero-order chi connectivity index (χ0) is 10.5. The van der Waals surface area contributed by atoms with Gasteiger partial charge in [-0.1, -0.05) is 6.07 Å². The van der Waals surface area contributed by atoms with E-state index in [1.54, 1.807) is 6.07 Å². The highest BCUT2D eigenvalue weighted by Crippen LogP contribution is 2.16. The Morgan fingerprint density at radius 3 is 2.93 bits per heavy atom. The molecule has 4 nitrogen and oxygen atoms in total. The number of nitrogen functional groups attached to an aromatic ring is 1.